The average Bonchev–Trinajstić information content (AvgIpc) is 3.41. The van der Waals surface area contributed by atoms with Gasteiger partial charge in [-0.05, 0) is 96.3 Å². The summed E-state index contributed by atoms with van der Waals surface area (Å²) in [5, 5.41) is 0. The van der Waals surface area contributed by atoms with E-state index in [2.05, 4.69) is 106 Å². The maximum Gasteiger partial charge on any atom is 0.306 e. The first-order chi connectivity index (χ1) is 37.0. The molecule has 0 bridgehead atoms. The average molecular weight is 1050 g/mol. The first-order valence-corrected chi connectivity index (χ1v) is 32.1. The van der Waals surface area contributed by atoms with E-state index < -0.39 is 6.10 Å². The normalized spacial score (nSPS) is 12.6. The third kappa shape index (κ3) is 61.3. The molecule has 0 N–H and O–H groups in total. The minimum atomic E-state index is -0.779. The van der Waals surface area contributed by atoms with Gasteiger partial charge in [0.05, 0.1) is 0 Å². The number of esters is 3. The summed E-state index contributed by atoms with van der Waals surface area (Å²) in [6.45, 7) is 6.45. The van der Waals surface area contributed by atoms with Crippen LogP contribution in [0.5, 0.6) is 0 Å². The van der Waals surface area contributed by atoms with E-state index in [1.165, 1.54) is 167 Å². The maximum absolute atomic E-state index is 12.8. The van der Waals surface area contributed by atoms with Gasteiger partial charge in [-0.25, -0.2) is 0 Å². The topological polar surface area (TPSA) is 78.9 Å². The van der Waals surface area contributed by atoms with Gasteiger partial charge in [0.1, 0.15) is 13.2 Å². The number of carbonyl (C=O) groups is 3. The molecule has 0 saturated heterocycles. The van der Waals surface area contributed by atoms with Crippen LogP contribution in [0.2, 0.25) is 0 Å². The van der Waals surface area contributed by atoms with Crippen LogP contribution in [0.4, 0.5) is 0 Å². The molecule has 1 atom stereocenters. The molecule has 1 unspecified atom stereocenters. The fraction of sp³-hybridized carbons (Fsp3) is 0.754. The van der Waals surface area contributed by atoms with Crippen LogP contribution in [0.1, 0.15) is 316 Å². The monoisotopic (exact) mass is 1040 g/mol. The highest BCUT2D eigenvalue weighted by atomic mass is 16.6. The summed E-state index contributed by atoms with van der Waals surface area (Å²) in [7, 11) is 0. The summed E-state index contributed by atoms with van der Waals surface area (Å²) in [5.41, 5.74) is 0. The Morgan fingerprint density at radius 2 is 0.520 bits per heavy atom. The van der Waals surface area contributed by atoms with Gasteiger partial charge in [0.15, 0.2) is 6.10 Å². The third-order valence-corrected chi connectivity index (χ3v) is 13.9. The maximum atomic E-state index is 12.8. The number of carbonyl (C=O) groups excluding carboxylic acids is 3. The summed E-state index contributed by atoms with van der Waals surface area (Å²) in [5.74, 6) is -0.894. The largest absolute Gasteiger partial charge is 0.462 e. The molecular weight excluding hydrogens is 925 g/mol. The number of rotatable bonds is 58. The van der Waals surface area contributed by atoms with Crippen molar-refractivity contribution in [3.05, 3.63) is 85.1 Å². The van der Waals surface area contributed by atoms with E-state index in [0.29, 0.717) is 19.3 Å². The van der Waals surface area contributed by atoms with Crippen molar-refractivity contribution in [2.75, 3.05) is 13.2 Å². The van der Waals surface area contributed by atoms with Crippen LogP contribution in [-0.2, 0) is 28.6 Å². The highest BCUT2D eigenvalue weighted by Crippen LogP contribution is 2.17. The Labute approximate surface area is 465 Å². The zero-order chi connectivity index (χ0) is 54.3. The van der Waals surface area contributed by atoms with E-state index >= 15 is 0 Å². The number of unbranched alkanes of at least 4 members (excludes halogenated alkanes) is 33. The molecule has 0 fully saturated rings. The van der Waals surface area contributed by atoms with E-state index in [1.54, 1.807) is 0 Å². The Kier molecular flexibility index (Phi) is 60.3. The summed E-state index contributed by atoms with van der Waals surface area (Å²) >= 11 is 0. The van der Waals surface area contributed by atoms with Gasteiger partial charge < -0.3 is 14.2 Å². The molecule has 0 saturated carbocycles. The van der Waals surface area contributed by atoms with E-state index in [1.807, 2.05) is 0 Å². The highest BCUT2D eigenvalue weighted by Gasteiger charge is 2.19. The molecule has 0 rings (SSSR count). The van der Waals surface area contributed by atoms with Crippen LogP contribution in [0.25, 0.3) is 0 Å². The van der Waals surface area contributed by atoms with E-state index in [4.69, 9.17) is 14.2 Å². The Hall–Kier alpha value is -3.41. The molecule has 0 aliphatic heterocycles. The Morgan fingerprint density at radius 3 is 0.813 bits per heavy atom. The second kappa shape index (κ2) is 63.1. The molecule has 0 amide bonds. The summed E-state index contributed by atoms with van der Waals surface area (Å²) in [4.78, 5) is 37.9. The minimum Gasteiger partial charge on any atom is -0.462 e. The zero-order valence-corrected chi connectivity index (χ0v) is 49.6. The van der Waals surface area contributed by atoms with Crippen molar-refractivity contribution < 1.29 is 28.6 Å². The van der Waals surface area contributed by atoms with Gasteiger partial charge in [-0.15, -0.1) is 0 Å². The molecule has 432 valence electrons. The molecule has 6 heteroatoms. The van der Waals surface area contributed by atoms with Crippen molar-refractivity contribution in [3.8, 4) is 0 Å². The number of ether oxygens (including phenoxy) is 3. The van der Waals surface area contributed by atoms with Gasteiger partial charge in [-0.2, -0.15) is 0 Å². The molecule has 0 aliphatic rings. The number of allylic oxidation sites excluding steroid dienone is 14. The molecule has 0 aromatic rings. The smallest absolute Gasteiger partial charge is 0.306 e. The molecule has 0 aromatic heterocycles. The van der Waals surface area contributed by atoms with Crippen LogP contribution in [-0.4, -0.2) is 37.2 Å². The lowest BCUT2D eigenvalue weighted by atomic mass is 10.0. The van der Waals surface area contributed by atoms with Crippen molar-refractivity contribution in [1.82, 2.24) is 0 Å². The second-order valence-electron chi connectivity index (χ2n) is 21.3. The van der Waals surface area contributed by atoms with E-state index in [0.717, 1.165) is 109 Å². The predicted molar refractivity (Wildman–Crippen MR) is 325 cm³/mol. The molecule has 0 aliphatic carbocycles. The van der Waals surface area contributed by atoms with Crippen LogP contribution >= 0.6 is 0 Å². The summed E-state index contributed by atoms with van der Waals surface area (Å²) < 4.78 is 16.8. The lowest BCUT2D eigenvalue weighted by Crippen LogP contribution is -2.30. The molecule has 0 aromatic carbocycles. The fourth-order valence-corrected chi connectivity index (χ4v) is 9.09. The first kappa shape index (κ1) is 71.6. The van der Waals surface area contributed by atoms with E-state index in [-0.39, 0.29) is 31.1 Å². The van der Waals surface area contributed by atoms with Crippen molar-refractivity contribution in [1.29, 1.82) is 0 Å². The Bertz CT molecular complexity index is 1430. The Morgan fingerprint density at radius 1 is 0.280 bits per heavy atom. The standard InChI is InChI=1S/C69H120O6/c1-4-7-10-13-15-17-19-21-23-25-27-29-31-32-33-34-35-36-38-39-41-43-45-47-49-51-53-56-59-62-68(71)74-65-66(64-73-67(70)61-58-55-12-9-6-3)75-69(72)63-60-57-54-52-50-48-46-44-42-40-37-30-28-26-24-22-20-18-16-14-11-8-5-2/h8,11,16,18-19,21-22,24-25,27-28,30,40,42,66H,4-7,9-10,12-15,17,20,23,26,29,31-39,41,43-65H2,1-3H3/b11-8-,18-16-,21-19-,24-22-,27-25-,30-28-,42-40-. The first-order valence-electron chi connectivity index (χ1n) is 32.1. The molecule has 0 spiro atoms. The van der Waals surface area contributed by atoms with Gasteiger partial charge in [0.25, 0.3) is 0 Å². The molecule has 6 nitrogen and oxygen atoms in total. The molecule has 0 heterocycles. The second-order valence-corrected chi connectivity index (χ2v) is 21.3. The van der Waals surface area contributed by atoms with Gasteiger partial charge >= 0.3 is 17.9 Å². The lowest BCUT2D eigenvalue weighted by molar-refractivity contribution is -0.167. The van der Waals surface area contributed by atoms with Crippen molar-refractivity contribution in [3.63, 3.8) is 0 Å². The van der Waals surface area contributed by atoms with Gasteiger partial charge in [-0.1, -0.05) is 286 Å². The van der Waals surface area contributed by atoms with Gasteiger partial charge in [0.2, 0.25) is 0 Å². The van der Waals surface area contributed by atoms with Gasteiger partial charge in [-0.3, -0.25) is 14.4 Å². The zero-order valence-electron chi connectivity index (χ0n) is 49.6. The Balaban J connectivity index is 4.03. The van der Waals surface area contributed by atoms with Crippen LogP contribution < -0.4 is 0 Å². The van der Waals surface area contributed by atoms with Crippen LogP contribution in [0.3, 0.4) is 0 Å². The van der Waals surface area contributed by atoms with Crippen molar-refractivity contribution in [2.24, 2.45) is 0 Å². The molecule has 0 radical (unpaired) electrons. The highest BCUT2D eigenvalue weighted by molar-refractivity contribution is 5.71. The predicted octanol–water partition coefficient (Wildman–Crippen LogP) is 21.9. The SMILES string of the molecule is CC/C=C\C/C=C\C/C=C\C/C=C\C/C=C\CCCCCCCCCC(=O)OC(COC(=O)CCCCCCC)COC(=O)CCCCCCCCCCCCCCCCCCC/C=C\C/C=C\CCCCCCC. The lowest BCUT2D eigenvalue weighted by Gasteiger charge is -2.18. The summed E-state index contributed by atoms with van der Waals surface area (Å²) in [6, 6.07) is 0. The fourth-order valence-electron chi connectivity index (χ4n) is 9.09. The number of hydrogen-bond donors (Lipinski definition) is 0. The van der Waals surface area contributed by atoms with Crippen LogP contribution in [0.15, 0.2) is 85.1 Å². The number of hydrogen-bond acceptors (Lipinski definition) is 6. The quantitative estimate of drug-likeness (QED) is 0.0261. The molecule has 75 heavy (non-hydrogen) atoms. The minimum absolute atomic E-state index is 0.0791. The summed E-state index contributed by atoms with van der Waals surface area (Å²) in [6.07, 6.45) is 83.6. The van der Waals surface area contributed by atoms with Crippen LogP contribution in [0, 0.1) is 0 Å². The third-order valence-electron chi connectivity index (χ3n) is 13.9. The van der Waals surface area contributed by atoms with Crippen molar-refractivity contribution in [2.45, 2.75) is 322 Å². The molecular formula is C69H120O6. The van der Waals surface area contributed by atoms with Gasteiger partial charge in [0, 0.05) is 19.3 Å². The van der Waals surface area contributed by atoms with E-state index in [9.17, 15) is 14.4 Å². The van der Waals surface area contributed by atoms with Crippen molar-refractivity contribution >= 4 is 17.9 Å².